The monoisotopic (exact) mass is 429 g/mol. The topological polar surface area (TPSA) is 84.3 Å². The van der Waals surface area contributed by atoms with Crippen molar-refractivity contribution in [2.75, 3.05) is 47.6 Å². The van der Waals surface area contributed by atoms with Crippen LogP contribution in [0.1, 0.15) is 18.4 Å². The van der Waals surface area contributed by atoms with Gasteiger partial charge in [0.05, 0.1) is 20.8 Å². The molecule has 8 heteroatoms. The van der Waals surface area contributed by atoms with Crippen molar-refractivity contribution in [1.29, 1.82) is 0 Å². The van der Waals surface area contributed by atoms with Crippen LogP contribution in [0.3, 0.4) is 0 Å². The Hall–Kier alpha value is -1.51. The first-order valence-electron chi connectivity index (χ1n) is 8.61. The van der Waals surface area contributed by atoms with Crippen LogP contribution in [0.2, 0.25) is 0 Å². The van der Waals surface area contributed by atoms with E-state index in [1.165, 1.54) is 0 Å². The average Bonchev–Trinajstić information content (AvgIpc) is 3.11. The highest BCUT2D eigenvalue weighted by atomic mass is 79.9. The Morgan fingerprint density at radius 3 is 2.62 bits per heavy atom. The summed E-state index contributed by atoms with van der Waals surface area (Å²) in [7, 11) is 4.97. The number of guanidine groups is 1. The van der Waals surface area contributed by atoms with E-state index in [-0.39, 0.29) is 12.0 Å². The van der Waals surface area contributed by atoms with Gasteiger partial charge in [0.1, 0.15) is 0 Å². The van der Waals surface area contributed by atoms with Crippen molar-refractivity contribution in [2.45, 2.75) is 19.4 Å². The maximum absolute atomic E-state index is 9.33. The van der Waals surface area contributed by atoms with E-state index in [1.54, 1.807) is 21.3 Å². The summed E-state index contributed by atoms with van der Waals surface area (Å²) in [6, 6.07) is 3.82. The number of hydrogen-bond acceptors (Lipinski definition) is 5. The van der Waals surface area contributed by atoms with Gasteiger partial charge < -0.3 is 30.0 Å². The molecular weight excluding hydrogens is 402 g/mol. The number of rotatable bonds is 8. The molecule has 0 bridgehead atoms. The number of aliphatic hydroxyl groups is 1. The zero-order chi connectivity index (χ0) is 19.0. The number of nitrogens with zero attached hydrogens (tertiary/aromatic N) is 1. The van der Waals surface area contributed by atoms with E-state index in [2.05, 4.69) is 31.6 Å². The fourth-order valence-corrected chi connectivity index (χ4v) is 3.48. The molecule has 0 saturated carbocycles. The fourth-order valence-electron chi connectivity index (χ4n) is 3.01. The van der Waals surface area contributed by atoms with E-state index in [1.807, 2.05) is 12.1 Å². The summed E-state index contributed by atoms with van der Waals surface area (Å²) in [5, 5.41) is 16.0. The van der Waals surface area contributed by atoms with Crippen LogP contribution in [-0.4, -0.2) is 58.7 Å². The Bertz CT molecular complexity index is 619. The lowest BCUT2D eigenvalue weighted by Crippen LogP contribution is -2.44. The predicted octanol–water partition coefficient (Wildman–Crippen LogP) is 1.92. The Morgan fingerprint density at radius 2 is 2.04 bits per heavy atom. The second kappa shape index (κ2) is 9.99. The van der Waals surface area contributed by atoms with E-state index in [4.69, 9.17) is 14.2 Å². The van der Waals surface area contributed by atoms with Gasteiger partial charge in [-0.25, -0.2) is 0 Å². The van der Waals surface area contributed by atoms with Crippen LogP contribution in [0.4, 0.5) is 0 Å². The van der Waals surface area contributed by atoms with Crippen LogP contribution in [0.5, 0.6) is 11.5 Å². The number of halogens is 1. The van der Waals surface area contributed by atoms with Gasteiger partial charge >= 0.3 is 0 Å². The highest BCUT2D eigenvalue weighted by Crippen LogP contribution is 2.33. The lowest BCUT2D eigenvalue weighted by atomic mass is 9.84. The summed E-state index contributed by atoms with van der Waals surface area (Å²) in [5.74, 6) is 2.06. The van der Waals surface area contributed by atoms with Crippen molar-refractivity contribution in [3.8, 4) is 11.5 Å². The third-order valence-electron chi connectivity index (χ3n) is 4.68. The maximum atomic E-state index is 9.33. The Kier molecular flexibility index (Phi) is 7.99. The molecule has 3 N–H and O–H groups in total. The van der Waals surface area contributed by atoms with Crippen molar-refractivity contribution >= 4 is 21.9 Å². The van der Waals surface area contributed by atoms with Gasteiger partial charge in [-0.15, -0.1) is 0 Å². The molecule has 0 amide bonds. The molecule has 1 aliphatic heterocycles. The Morgan fingerprint density at radius 1 is 1.31 bits per heavy atom. The minimum Gasteiger partial charge on any atom is -0.493 e. The molecule has 0 aliphatic carbocycles. The van der Waals surface area contributed by atoms with E-state index in [0.717, 1.165) is 29.5 Å². The minimum absolute atomic E-state index is 0.0315. The summed E-state index contributed by atoms with van der Waals surface area (Å²) in [5.41, 5.74) is 0.996. The summed E-state index contributed by atoms with van der Waals surface area (Å²) in [6.45, 7) is 2.85. The summed E-state index contributed by atoms with van der Waals surface area (Å²) in [6.07, 6.45) is 1.66. The van der Waals surface area contributed by atoms with E-state index >= 15 is 0 Å². The molecule has 2 rings (SSSR count). The van der Waals surface area contributed by atoms with Crippen LogP contribution in [-0.2, 0) is 11.3 Å². The minimum atomic E-state index is -0.0315. The van der Waals surface area contributed by atoms with E-state index < -0.39 is 0 Å². The number of benzene rings is 1. The average molecular weight is 430 g/mol. The largest absolute Gasteiger partial charge is 0.493 e. The molecule has 1 fully saturated rings. The Balaban J connectivity index is 1.96. The first kappa shape index (κ1) is 20.8. The molecule has 0 aromatic heterocycles. The molecule has 1 heterocycles. The van der Waals surface area contributed by atoms with Gasteiger partial charge in [0.25, 0.3) is 0 Å². The maximum Gasteiger partial charge on any atom is 0.191 e. The van der Waals surface area contributed by atoms with Crippen LogP contribution >= 0.6 is 15.9 Å². The second-order valence-corrected chi connectivity index (χ2v) is 7.21. The zero-order valence-electron chi connectivity index (χ0n) is 15.6. The lowest BCUT2D eigenvalue weighted by Gasteiger charge is -2.27. The third-order valence-corrected chi connectivity index (χ3v) is 5.42. The molecule has 0 spiro atoms. The number of ether oxygens (including phenoxy) is 3. The molecule has 7 nitrogen and oxygen atoms in total. The number of aliphatic hydroxyl groups excluding tert-OH is 1. The number of hydrogen-bond donors (Lipinski definition) is 3. The molecule has 1 atom stereocenters. The quantitative estimate of drug-likeness (QED) is 0.432. The normalized spacial score (nSPS) is 20.1. The zero-order valence-corrected chi connectivity index (χ0v) is 17.2. The molecule has 1 unspecified atom stereocenters. The van der Waals surface area contributed by atoms with Crippen molar-refractivity contribution < 1.29 is 19.3 Å². The highest BCUT2D eigenvalue weighted by molar-refractivity contribution is 9.10. The SMILES string of the molecule is CN=C(NCc1cc(OC)c(OC)cc1Br)NCC1(CCO)CCOC1. The molecular formula is C18H28BrN3O4. The first-order chi connectivity index (χ1) is 12.6. The fraction of sp³-hybridized carbons (Fsp3) is 0.611. The number of nitrogens with one attached hydrogen (secondary N) is 2. The molecule has 1 aliphatic rings. The van der Waals surface area contributed by atoms with Crippen LogP contribution in [0.15, 0.2) is 21.6 Å². The number of aliphatic imine (C=N–C) groups is 1. The van der Waals surface area contributed by atoms with Gasteiger partial charge in [0, 0.05) is 43.2 Å². The van der Waals surface area contributed by atoms with Gasteiger partial charge in [0.2, 0.25) is 0 Å². The van der Waals surface area contributed by atoms with Crippen LogP contribution in [0.25, 0.3) is 0 Å². The van der Waals surface area contributed by atoms with E-state index in [0.29, 0.717) is 37.2 Å². The van der Waals surface area contributed by atoms with Gasteiger partial charge in [0.15, 0.2) is 17.5 Å². The van der Waals surface area contributed by atoms with Gasteiger partial charge in [-0.2, -0.15) is 0 Å². The van der Waals surface area contributed by atoms with Crippen LogP contribution in [0, 0.1) is 5.41 Å². The van der Waals surface area contributed by atoms with Crippen molar-refractivity contribution in [3.63, 3.8) is 0 Å². The standard InChI is InChI=1S/C18H28BrN3O4/c1-20-17(22-11-18(4-6-23)5-7-26-12-18)21-10-13-8-15(24-2)16(25-3)9-14(13)19/h8-9,23H,4-7,10-12H2,1-3H3,(H2,20,21,22). The molecule has 1 aromatic carbocycles. The first-order valence-corrected chi connectivity index (χ1v) is 9.40. The highest BCUT2D eigenvalue weighted by Gasteiger charge is 2.34. The molecule has 0 radical (unpaired) electrons. The third kappa shape index (κ3) is 5.25. The van der Waals surface area contributed by atoms with Gasteiger partial charge in [-0.3, -0.25) is 4.99 Å². The van der Waals surface area contributed by atoms with Crippen molar-refractivity contribution in [2.24, 2.45) is 10.4 Å². The number of methoxy groups -OCH3 is 2. The van der Waals surface area contributed by atoms with Crippen molar-refractivity contribution in [1.82, 2.24) is 10.6 Å². The molecule has 26 heavy (non-hydrogen) atoms. The lowest BCUT2D eigenvalue weighted by molar-refractivity contribution is 0.127. The second-order valence-electron chi connectivity index (χ2n) is 6.35. The van der Waals surface area contributed by atoms with Crippen LogP contribution < -0.4 is 20.1 Å². The summed E-state index contributed by atoms with van der Waals surface area (Å²) in [4.78, 5) is 4.28. The summed E-state index contributed by atoms with van der Waals surface area (Å²) < 4.78 is 17.1. The molecule has 146 valence electrons. The van der Waals surface area contributed by atoms with E-state index in [9.17, 15) is 5.11 Å². The van der Waals surface area contributed by atoms with Gasteiger partial charge in [-0.1, -0.05) is 15.9 Å². The van der Waals surface area contributed by atoms with Crippen molar-refractivity contribution in [3.05, 3.63) is 22.2 Å². The summed E-state index contributed by atoms with van der Waals surface area (Å²) >= 11 is 3.57. The van der Waals surface area contributed by atoms with Gasteiger partial charge in [-0.05, 0) is 30.5 Å². The predicted molar refractivity (Wildman–Crippen MR) is 105 cm³/mol. The Labute approximate surface area is 163 Å². The molecule has 1 saturated heterocycles. The molecule has 1 aromatic rings. The smallest absolute Gasteiger partial charge is 0.191 e.